The Morgan fingerprint density at radius 2 is 1.88 bits per heavy atom. The molecular formula is C18H23NO5. The molecule has 1 aromatic rings. The van der Waals surface area contributed by atoms with Crippen LogP contribution in [0.3, 0.4) is 0 Å². The molecular weight excluding hydrogens is 310 g/mol. The predicted molar refractivity (Wildman–Crippen MR) is 88.4 cm³/mol. The highest BCUT2D eigenvalue weighted by Gasteiger charge is 2.25. The molecule has 0 bridgehead atoms. The van der Waals surface area contributed by atoms with Crippen LogP contribution >= 0.6 is 0 Å². The summed E-state index contributed by atoms with van der Waals surface area (Å²) in [5.41, 5.74) is 1.81. The summed E-state index contributed by atoms with van der Waals surface area (Å²) in [5.74, 6) is -0.384. The fourth-order valence-corrected chi connectivity index (χ4v) is 1.96. The molecule has 0 unspecified atom stereocenters. The number of carbonyl (C=O) groups is 2. The zero-order chi connectivity index (χ0) is 17.7. The quantitative estimate of drug-likeness (QED) is 0.627. The number of ether oxygens (including phenoxy) is 2. The Morgan fingerprint density at radius 3 is 2.42 bits per heavy atom. The Hall–Kier alpha value is -2.34. The lowest BCUT2D eigenvalue weighted by Gasteiger charge is -2.28. The predicted octanol–water partition coefficient (Wildman–Crippen LogP) is 3.26. The molecule has 0 aromatic heterocycles. The second-order valence-electron chi connectivity index (χ2n) is 6.62. The topological polar surface area (TPSA) is 65.1 Å². The summed E-state index contributed by atoms with van der Waals surface area (Å²) in [6, 6.07) is 7.18. The number of benzene rings is 1. The molecule has 1 aliphatic heterocycles. The van der Waals surface area contributed by atoms with E-state index in [1.54, 1.807) is 39.0 Å². The number of amides is 1. The normalized spacial score (nSPS) is 14.8. The van der Waals surface area contributed by atoms with Crippen LogP contribution < -0.4 is 0 Å². The van der Waals surface area contributed by atoms with Gasteiger partial charge in [0.05, 0.1) is 18.7 Å². The smallest absolute Gasteiger partial charge is 0.434 e. The first-order valence-corrected chi connectivity index (χ1v) is 7.80. The monoisotopic (exact) mass is 333 g/mol. The summed E-state index contributed by atoms with van der Waals surface area (Å²) in [7, 11) is 0. The highest BCUT2D eigenvalue weighted by Crippen LogP contribution is 2.14. The van der Waals surface area contributed by atoms with E-state index in [1.165, 1.54) is 0 Å². The van der Waals surface area contributed by atoms with Gasteiger partial charge in [0, 0.05) is 0 Å². The first-order chi connectivity index (χ1) is 11.2. The second-order valence-corrected chi connectivity index (χ2v) is 6.62. The molecule has 1 heterocycles. The molecule has 0 aliphatic carbocycles. The molecule has 0 saturated carbocycles. The van der Waals surface area contributed by atoms with Crippen LogP contribution in [0, 0.1) is 6.92 Å². The van der Waals surface area contributed by atoms with Crippen molar-refractivity contribution < 1.29 is 23.9 Å². The molecule has 6 nitrogen and oxygen atoms in total. The van der Waals surface area contributed by atoms with Crippen molar-refractivity contribution in [2.45, 2.75) is 33.3 Å². The van der Waals surface area contributed by atoms with Crippen LogP contribution in [0.15, 0.2) is 35.9 Å². The number of carbonyl (C=O) groups excluding carboxylic acids is 2. The fraction of sp³-hybridized carbons (Fsp3) is 0.444. The van der Waals surface area contributed by atoms with E-state index in [4.69, 9.17) is 14.3 Å². The van der Waals surface area contributed by atoms with E-state index in [2.05, 4.69) is 0 Å². The van der Waals surface area contributed by atoms with Gasteiger partial charge in [-0.3, -0.25) is 4.84 Å². The third-order valence-electron chi connectivity index (χ3n) is 3.22. The number of hydroxylamine groups is 2. The molecule has 0 N–H and O–H groups in total. The van der Waals surface area contributed by atoms with Gasteiger partial charge >= 0.3 is 12.1 Å². The first kappa shape index (κ1) is 18.0. The third kappa shape index (κ3) is 5.38. The minimum Gasteiger partial charge on any atom is -0.457 e. The third-order valence-corrected chi connectivity index (χ3v) is 3.22. The van der Waals surface area contributed by atoms with Crippen molar-refractivity contribution >= 4 is 12.1 Å². The number of nitrogens with zero attached hydrogens (tertiary/aromatic N) is 1. The van der Waals surface area contributed by atoms with Gasteiger partial charge in [-0.1, -0.05) is 23.8 Å². The van der Waals surface area contributed by atoms with E-state index < -0.39 is 11.7 Å². The average molecular weight is 333 g/mol. The van der Waals surface area contributed by atoms with Gasteiger partial charge in [0.25, 0.3) is 0 Å². The average Bonchev–Trinajstić information content (AvgIpc) is 2.52. The van der Waals surface area contributed by atoms with Gasteiger partial charge in [0.15, 0.2) is 0 Å². The summed E-state index contributed by atoms with van der Waals surface area (Å²) < 4.78 is 10.5. The summed E-state index contributed by atoms with van der Waals surface area (Å²) >= 11 is 0. The van der Waals surface area contributed by atoms with Crippen LogP contribution in [0.25, 0.3) is 0 Å². The molecule has 1 amide bonds. The van der Waals surface area contributed by atoms with E-state index in [-0.39, 0.29) is 25.7 Å². The fourth-order valence-electron chi connectivity index (χ4n) is 1.96. The summed E-state index contributed by atoms with van der Waals surface area (Å²) in [6.45, 7) is 7.90. The molecule has 130 valence electrons. The van der Waals surface area contributed by atoms with Gasteiger partial charge in [-0.2, -0.15) is 5.06 Å². The van der Waals surface area contributed by atoms with Crippen molar-refractivity contribution in [1.82, 2.24) is 5.06 Å². The lowest BCUT2D eigenvalue weighted by Crippen LogP contribution is -2.39. The van der Waals surface area contributed by atoms with Gasteiger partial charge in [0.1, 0.15) is 12.2 Å². The van der Waals surface area contributed by atoms with Gasteiger partial charge < -0.3 is 9.47 Å². The number of aryl methyl sites for hydroxylation is 1. The van der Waals surface area contributed by atoms with Crippen LogP contribution in [-0.2, 0) is 14.3 Å². The van der Waals surface area contributed by atoms with E-state index in [9.17, 15) is 9.59 Å². The van der Waals surface area contributed by atoms with E-state index in [1.807, 2.05) is 19.1 Å². The molecule has 0 atom stereocenters. The molecule has 0 saturated heterocycles. The molecule has 0 spiro atoms. The molecule has 24 heavy (non-hydrogen) atoms. The SMILES string of the molecule is Cc1ccc(C(=O)OCC2=CCN(C(=O)OC(C)(C)C)OC2)cc1. The molecule has 0 fully saturated rings. The van der Waals surface area contributed by atoms with Crippen molar-refractivity contribution in [2.24, 2.45) is 0 Å². The summed E-state index contributed by atoms with van der Waals surface area (Å²) in [6.07, 6.45) is 1.27. The van der Waals surface area contributed by atoms with Crippen LogP contribution in [0.4, 0.5) is 4.79 Å². The van der Waals surface area contributed by atoms with Crippen molar-refractivity contribution in [3.63, 3.8) is 0 Å². The van der Waals surface area contributed by atoms with Crippen LogP contribution in [0.1, 0.15) is 36.7 Å². The maximum absolute atomic E-state index is 12.0. The molecule has 1 aromatic carbocycles. The maximum atomic E-state index is 12.0. The van der Waals surface area contributed by atoms with E-state index in [0.717, 1.165) is 16.2 Å². The van der Waals surface area contributed by atoms with Crippen LogP contribution in [0.5, 0.6) is 0 Å². The summed E-state index contributed by atoms with van der Waals surface area (Å²) in [4.78, 5) is 29.2. The van der Waals surface area contributed by atoms with Crippen LogP contribution in [-0.4, -0.2) is 42.5 Å². The zero-order valence-electron chi connectivity index (χ0n) is 14.5. The van der Waals surface area contributed by atoms with Gasteiger partial charge in [-0.25, -0.2) is 9.59 Å². The van der Waals surface area contributed by atoms with Crippen molar-refractivity contribution in [3.8, 4) is 0 Å². The zero-order valence-corrected chi connectivity index (χ0v) is 14.5. The highest BCUT2D eigenvalue weighted by atomic mass is 16.7. The standard InChI is InChI=1S/C18H23NO5/c1-13-5-7-15(8-6-13)16(20)22-11-14-9-10-19(23-12-14)17(21)24-18(2,3)4/h5-9H,10-12H2,1-4H3. The summed E-state index contributed by atoms with van der Waals surface area (Å²) in [5, 5.41) is 1.15. The van der Waals surface area contributed by atoms with Crippen molar-refractivity contribution in [3.05, 3.63) is 47.0 Å². The number of hydrogen-bond acceptors (Lipinski definition) is 5. The Bertz CT molecular complexity index is 628. The molecule has 2 rings (SSSR count). The lowest BCUT2D eigenvalue weighted by molar-refractivity contribution is -0.140. The maximum Gasteiger partial charge on any atom is 0.434 e. The lowest BCUT2D eigenvalue weighted by atomic mass is 10.1. The number of esters is 1. The Labute approximate surface area is 141 Å². The Kier molecular flexibility index (Phi) is 5.62. The molecule has 0 radical (unpaired) electrons. The number of hydrogen-bond donors (Lipinski definition) is 0. The van der Waals surface area contributed by atoms with Gasteiger partial charge in [-0.15, -0.1) is 0 Å². The Morgan fingerprint density at radius 1 is 1.21 bits per heavy atom. The van der Waals surface area contributed by atoms with Gasteiger partial charge in [0.2, 0.25) is 0 Å². The van der Waals surface area contributed by atoms with E-state index >= 15 is 0 Å². The highest BCUT2D eigenvalue weighted by molar-refractivity contribution is 5.89. The Balaban J connectivity index is 1.82. The minimum absolute atomic E-state index is 0.134. The first-order valence-electron chi connectivity index (χ1n) is 7.80. The number of rotatable bonds is 3. The van der Waals surface area contributed by atoms with E-state index in [0.29, 0.717) is 5.56 Å². The van der Waals surface area contributed by atoms with Gasteiger partial charge in [-0.05, 0) is 45.4 Å². The van der Waals surface area contributed by atoms with Crippen molar-refractivity contribution in [1.29, 1.82) is 0 Å². The molecule has 6 heteroatoms. The largest absolute Gasteiger partial charge is 0.457 e. The molecule has 1 aliphatic rings. The minimum atomic E-state index is -0.575. The van der Waals surface area contributed by atoms with Crippen LogP contribution in [0.2, 0.25) is 0 Å². The van der Waals surface area contributed by atoms with Crippen molar-refractivity contribution in [2.75, 3.05) is 19.8 Å². The second kappa shape index (κ2) is 7.49.